The van der Waals surface area contributed by atoms with E-state index in [-0.39, 0.29) is 0 Å². The fourth-order valence-corrected chi connectivity index (χ4v) is 3.64. The van der Waals surface area contributed by atoms with Gasteiger partial charge < -0.3 is 5.11 Å². The minimum Gasteiger partial charge on any atom is -0.387 e. The van der Waals surface area contributed by atoms with Gasteiger partial charge in [0.25, 0.3) is 0 Å². The van der Waals surface area contributed by atoms with Crippen LogP contribution in [-0.2, 0) is 6.42 Å². The second-order valence-corrected chi connectivity index (χ2v) is 6.23. The monoisotopic (exact) mass is 350 g/mol. The molecule has 1 N–H and O–H groups in total. The lowest BCUT2D eigenvalue weighted by atomic mass is 10.1. The molecule has 1 heterocycles. The van der Waals surface area contributed by atoms with Crippen LogP contribution in [0.2, 0.25) is 10.0 Å². The highest BCUT2D eigenvalue weighted by molar-refractivity contribution is 9.10. The molecular formula is C12H9BrCl2OS. The molecule has 0 aliphatic carbocycles. The molecule has 1 aromatic carbocycles. The summed E-state index contributed by atoms with van der Waals surface area (Å²) in [6.45, 7) is 0. The van der Waals surface area contributed by atoms with Crippen molar-refractivity contribution >= 4 is 50.5 Å². The Balaban J connectivity index is 2.19. The Morgan fingerprint density at radius 1 is 1.29 bits per heavy atom. The molecule has 1 atom stereocenters. The van der Waals surface area contributed by atoms with Crippen LogP contribution in [0.1, 0.15) is 16.5 Å². The molecule has 2 aromatic rings. The van der Waals surface area contributed by atoms with Gasteiger partial charge in [-0.2, -0.15) is 0 Å². The van der Waals surface area contributed by atoms with E-state index in [9.17, 15) is 5.11 Å². The van der Waals surface area contributed by atoms with Crippen LogP contribution in [-0.4, -0.2) is 5.11 Å². The van der Waals surface area contributed by atoms with Gasteiger partial charge in [0.05, 0.1) is 6.10 Å². The fraction of sp³-hybridized carbons (Fsp3) is 0.167. The zero-order chi connectivity index (χ0) is 12.4. The van der Waals surface area contributed by atoms with E-state index in [0.717, 1.165) is 14.9 Å². The van der Waals surface area contributed by atoms with E-state index in [4.69, 9.17) is 23.2 Å². The summed E-state index contributed by atoms with van der Waals surface area (Å²) < 4.78 is 0.931. The van der Waals surface area contributed by atoms with Crippen molar-refractivity contribution in [2.45, 2.75) is 12.5 Å². The number of benzene rings is 1. The summed E-state index contributed by atoms with van der Waals surface area (Å²) >= 11 is 16.8. The maximum atomic E-state index is 10.1. The van der Waals surface area contributed by atoms with Crippen LogP contribution in [0, 0.1) is 0 Å². The molecular weight excluding hydrogens is 343 g/mol. The highest BCUT2D eigenvalue weighted by Gasteiger charge is 2.15. The maximum absolute atomic E-state index is 10.1. The molecule has 1 unspecified atom stereocenters. The van der Waals surface area contributed by atoms with Crippen LogP contribution in [0.25, 0.3) is 0 Å². The third kappa shape index (κ3) is 3.24. The van der Waals surface area contributed by atoms with Crippen LogP contribution < -0.4 is 0 Å². The van der Waals surface area contributed by atoms with E-state index in [1.54, 1.807) is 12.1 Å². The lowest BCUT2D eigenvalue weighted by molar-refractivity contribution is 0.181. The van der Waals surface area contributed by atoms with Crippen LogP contribution in [0.4, 0.5) is 0 Å². The molecule has 0 saturated carbocycles. The lowest BCUT2D eigenvalue weighted by Crippen LogP contribution is -2.00. The van der Waals surface area contributed by atoms with E-state index in [1.165, 1.54) is 11.3 Å². The Kier molecular flexibility index (Phi) is 4.50. The Hall–Kier alpha value is -0.0600. The average Bonchev–Trinajstić information content (AvgIpc) is 2.68. The number of hydrogen-bond donors (Lipinski definition) is 1. The first kappa shape index (κ1) is 13.4. The van der Waals surface area contributed by atoms with Crippen LogP contribution >= 0.6 is 50.5 Å². The van der Waals surface area contributed by atoms with Gasteiger partial charge in [-0.1, -0.05) is 29.3 Å². The third-order valence-electron chi connectivity index (χ3n) is 2.38. The van der Waals surface area contributed by atoms with Gasteiger partial charge in [0.1, 0.15) is 0 Å². The van der Waals surface area contributed by atoms with Crippen LogP contribution in [0.3, 0.4) is 0 Å². The van der Waals surface area contributed by atoms with Crippen molar-refractivity contribution in [3.8, 4) is 0 Å². The molecule has 0 spiro atoms. The van der Waals surface area contributed by atoms with Crippen molar-refractivity contribution in [1.82, 2.24) is 0 Å². The summed E-state index contributed by atoms with van der Waals surface area (Å²) in [5.74, 6) is 0. The van der Waals surface area contributed by atoms with Gasteiger partial charge in [-0.15, -0.1) is 11.3 Å². The molecule has 0 aliphatic rings. The predicted molar refractivity (Wildman–Crippen MR) is 77.1 cm³/mol. The third-order valence-corrected chi connectivity index (χ3v) is 4.93. The molecule has 90 valence electrons. The van der Waals surface area contributed by atoms with Crippen LogP contribution in [0.5, 0.6) is 0 Å². The number of rotatable bonds is 3. The zero-order valence-corrected chi connectivity index (χ0v) is 12.6. The first-order valence-corrected chi connectivity index (χ1v) is 7.35. The molecule has 5 heteroatoms. The normalized spacial score (nSPS) is 12.7. The number of halogens is 3. The summed E-state index contributed by atoms with van der Waals surface area (Å²) in [7, 11) is 0. The molecule has 1 nitrogen and oxygen atoms in total. The Morgan fingerprint density at radius 2 is 2.06 bits per heavy atom. The predicted octanol–water partition coefficient (Wildman–Crippen LogP) is 5.09. The molecule has 0 amide bonds. The molecule has 0 saturated heterocycles. The van der Waals surface area contributed by atoms with E-state index in [1.807, 2.05) is 17.5 Å². The summed E-state index contributed by atoms with van der Waals surface area (Å²) in [4.78, 5) is 0.913. The van der Waals surface area contributed by atoms with Crippen molar-refractivity contribution < 1.29 is 5.11 Å². The molecule has 0 bridgehead atoms. The first-order chi connectivity index (χ1) is 8.08. The van der Waals surface area contributed by atoms with Gasteiger partial charge in [-0.05, 0) is 45.1 Å². The molecule has 17 heavy (non-hydrogen) atoms. The summed E-state index contributed by atoms with van der Waals surface area (Å²) in [6, 6.07) is 7.23. The van der Waals surface area contributed by atoms with E-state index < -0.39 is 6.10 Å². The maximum Gasteiger partial charge on any atom is 0.0934 e. The molecule has 2 rings (SSSR count). The Morgan fingerprint density at radius 3 is 2.65 bits per heavy atom. The molecule has 0 aliphatic heterocycles. The minimum absolute atomic E-state index is 0.481. The standard InChI is InChI=1S/C12H9BrCl2OS/c13-9-3-4-17-12(9)11(16)5-7-1-2-8(14)6-10(7)15/h1-4,6,11,16H,5H2. The van der Waals surface area contributed by atoms with Gasteiger partial charge in [0.2, 0.25) is 0 Å². The number of aliphatic hydroxyl groups is 1. The van der Waals surface area contributed by atoms with Crippen molar-refractivity contribution in [3.05, 3.63) is 54.6 Å². The Labute approximate surface area is 122 Å². The van der Waals surface area contributed by atoms with Crippen molar-refractivity contribution in [1.29, 1.82) is 0 Å². The zero-order valence-electron chi connectivity index (χ0n) is 8.66. The Bertz CT molecular complexity index is 527. The van der Waals surface area contributed by atoms with Gasteiger partial charge >= 0.3 is 0 Å². The van der Waals surface area contributed by atoms with Gasteiger partial charge in [-0.3, -0.25) is 0 Å². The number of thiophene rings is 1. The fourth-order valence-electron chi connectivity index (χ4n) is 1.53. The van der Waals surface area contributed by atoms with Crippen molar-refractivity contribution in [2.75, 3.05) is 0 Å². The first-order valence-electron chi connectivity index (χ1n) is 4.93. The number of aliphatic hydroxyl groups excluding tert-OH is 1. The quantitative estimate of drug-likeness (QED) is 0.816. The van der Waals surface area contributed by atoms with Crippen molar-refractivity contribution in [3.63, 3.8) is 0 Å². The summed E-state index contributed by atoms with van der Waals surface area (Å²) in [6.07, 6.45) is -0.0715. The largest absolute Gasteiger partial charge is 0.387 e. The highest BCUT2D eigenvalue weighted by Crippen LogP contribution is 2.32. The van der Waals surface area contributed by atoms with Gasteiger partial charge in [0, 0.05) is 25.8 Å². The second kappa shape index (κ2) is 5.72. The van der Waals surface area contributed by atoms with E-state index in [0.29, 0.717) is 16.5 Å². The van der Waals surface area contributed by atoms with E-state index in [2.05, 4.69) is 15.9 Å². The van der Waals surface area contributed by atoms with E-state index >= 15 is 0 Å². The smallest absolute Gasteiger partial charge is 0.0934 e. The minimum atomic E-state index is -0.553. The van der Waals surface area contributed by atoms with Crippen LogP contribution in [0.15, 0.2) is 34.1 Å². The number of hydrogen-bond acceptors (Lipinski definition) is 2. The SMILES string of the molecule is OC(Cc1ccc(Cl)cc1Cl)c1sccc1Br. The molecule has 0 fully saturated rings. The second-order valence-electron chi connectivity index (χ2n) is 3.59. The summed E-state index contributed by atoms with van der Waals surface area (Å²) in [5.41, 5.74) is 0.892. The lowest BCUT2D eigenvalue weighted by Gasteiger charge is -2.11. The molecule has 0 radical (unpaired) electrons. The summed E-state index contributed by atoms with van der Waals surface area (Å²) in [5, 5.41) is 13.3. The van der Waals surface area contributed by atoms with Gasteiger partial charge in [-0.25, -0.2) is 0 Å². The highest BCUT2D eigenvalue weighted by atomic mass is 79.9. The average molecular weight is 352 g/mol. The molecule has 1 aromatic heterocycles. The van der Waals surface area contributed by atoms with Crippen molar-refractivity contribution in [2.24, 2.45) is 0 Å². The topological polar surface area (TPSA) is 20.2 Å². The van der Waals surface area contributed by atoms with Gasteiger partial charge in [0.15, 0.2) is 0 Å².